The third kappa shape index (κ3) is 8.86. The van der Waals surface area contributed by atoms with Gasteiger partial charge in [-0.3, -0.25) is 0 Å². The molecule has 0 radical (unpaired) electrons. The minimum absolute atomic E-state index is 0.705. The van der Waals surface area contributed by atoms with Crippen LogP contribution in [0.25, 0.3) is 0 Å². The Labute approximate surface area is 131 Å². The summed E-state index contributed by atoms with van der Waals surface area (Å²) in [6.45, 7) is 9.87. The molecule has 21 heavy (non-hydrogen) atoms. The standard InChI is InChI=1S/C18H33N3/c1-16(2)13-19-14-17-8-6-9-18(12-17)15-21(5)11-7-10-20(3)4/h6,8-9,12,16,19H,7,10-11,13-15H2,1-5H3. The monoisotopic (exact) mass is 291 g/mol. The first kappa shape index (κ1) is 18.1. The van der Waals surface area contributed by atoms with Crippen molar-refractivity contribution in [3.05, 3.63) is 35.4 Å². The summed E-state index contributed by atoms with van der Waals surface area (Å²) >= 11 is 0. The van der Waals surface area contributed by atoms with Crippen molar-refractivity contribution in [3.8, 4) is 0 Å². The van der Waals surface area contributed by atoms with E-state index in [1.165, 1.54) is 17.5 Å². The van der Waals surface area contributed by atoms with E-state index in [1.807, 2.05) is 0 Å². The van der Waals surface area contributed by atoms with E-state index in [0.29, 0.717) is 5.92 Å². The first-order valence-electron chi connectivity index (χ1n) is 8.09. The smallest absolute Gasteiger partial charge is 0.0230 e. The van der Waals surface area contributed by atoms with Gasteiger partial charge in [0.2, 0.25) is 0 Å². The summed E-state index contributed by atoms with van der Waals surface area (Å²) < 4.78 is 0. The molecule has 0 aliphatic carbocycles. The minimum Gasteiger partial charge on any atom is -0.312 e. The van der Waals surface area contributed by atoms with Crippen molar-refractivity contribution < 1.29 is 0 Å². The molecule has 3 heteroatoms. The predicted octanol–water partition coefficient (Wildman–Crippen LogP) is 2.82. The van der Waals surface area contributed by atoms with Crippen molar-refractivity contribution in [2.45, 2.75) is 33.4 Å². The van der Waals surface area contributed by atoms with Crippen LogP contribution in [0.3, 0.4) is 0 Å². The number of hydrogen-bond acceptors (Lipinski definition) is 3. The molecule has 1 rings (SSSR count). The molecule has 0 saturated carbocycles. The number of rotatable bonds is 10. The zero-order valence-corrected chi connectivity index (χ0v) is 14.5. The van der Waals surface area contributed by atoms with Crippen LogP contribution < -0.4 is 5.32 Å². The van der Waals surface area contributed by atoms with Gasteiger partial charge in [0.25, 0.3) is 0 Å². The van der Waals surface area contributed by atoms with Gasteiger partial charge in [-0.05, 0) is 64.2 Å². The van der Waals surface area contributed by atoms with Crippen LogP contribution in [0.4, 0.5) is 0 Å². The maximum Gasteiger partial charge on any atom is 0.0230 e. The normalized spacial score (nSPS) is 11.8. The van der Waals surface area contributed by atoms with Crippen molar-refractivity contribution in [3.63, 3.8) is 0 Å². The van der Waals surface area contributed by atoms with Gasteiger partial charge in [-0.2, -0.15) is 0 Å². The molecule has 120 valence electrons. The third-order valence-corrected chi connectivity index (χ3v) is 3.47. The summed E-state index contributed by atoms with van der Waals surface area (Å²) in [4.78, 5) is 4.65. The molecule has 0 heterocycles. The number of nitrogens with one attached hydrogen (secondary N) is 1. The first-order valence-corrected chi connectivity index (χ1v) is 8.09. The summed E-state index contributed by atoms with van der Waals surface area (Å²) in [5.41, 5.74) is 2.79. The molecular weight excluding hydrogens is 258 g/mol. The molecular formula is C18H33N3. The fourth-order valence-corrected chi connectivity index (χ4v) is 2.39. The Kier molecular flexibility index (Phi) is 8.58. The molecule has 0 unspecified atom stereocenters. The van der Waals surface area contributed by atoms with Gasteiger partial charge in [0.05, 0.1) is 0 Å². The molecule has 0 saturated heterocycles. The van der Waals surface area contributed by atoms with Crippen LogP contribution in [0, 0.1) is 5.92 Å². The summed E-state index contributed by atoms with van der Waals surface area (Å²) in [6, 6.07) is 8.95. The summed E-state index contributed by atoms with van der Waals surface area (Å²) in [5, 5.41) is 3.51. The van der Waals surface area contributed by atoms with Gasteiger partial charge in [-0.15, -0.1) is 0 Å². The SMILES string of the molecule is CC(C)CNCc1cccc(CN(C)CCCN(C)C)c1. The number of benzene rings is 1. The van der Waals surface area contributed by atoms with Crippen molar-refractivity contribution in [1.29, 1.82) is 0 Å². The predicted molar refractivity (Wildman–Crippen MR) is 92.5 cm³/mol. The van der Waals surface area contributed by atoms with Crippen molar-refractivity contribution in [1.82, 2.24) is 15.1 Å². The van der Waals surface area contributed by atoms with Crippen molar-refractivity contribution >= 4 is 0 Å². The molecule has 0 spiro atoms. The van der Waals surface area contributed by atoms with E-state index in [4.69, 9.17) is 0 Å². The Bertz CT molecular complexity index is 388. The second kappa shape index (κ2) is 9.93. The van der Waals surface area contributed by atoms with Crippen LogP contribution >= 0.6 is 0 Å². The highest BCUT2D eigenvalue weighted by Gasteiger charge is 2.02. The Balaban J connectivity index is 2.37. The largest absolute Gasteiger partial charge is 0.312 e. The van der Waals surface area contributed by atoms with Crippen molar-refractivity contribution in [2.24, 2.45) is 5.92 Å². The van der Waals surface area contributed by atoms with Gasteiger partial charge in [-0.25, -0.2) is 0 Å². The fraction of sp³-hybridized carbons (Fsp3) is 0.667. The Hall–Kier alpha value is -0.900. The second-order valence-corrected chi connectivity index (χ2v) is 6.74. The van der Waals surface area contributed by atoms with Gasteiger partial charge in [0.1, 0.15) is 0 Å². The van der Waals surface area contributed by atoms with Gasteiger partial charge in [-0.1, -0.05) is 38.1 Å². The molecule has 1 aromatic rings. The van der Waals surface area contributed by atoms with E-state index in [1.54, 1.807) is 0 Å². The number of nitrogens with zero attached hydrogens (tertiary/aromatic N) is 2. The molecule has 0 bridgehead atoms. The van der Waals surface area contributed by atoms with Crippen LogP contribution in [-0.2, 0) is 13.1 Å². The maximum absolute atomic E-state index is 3.51. The molecule has 0 aromatic heterocycles. The van der Waals surface area contributed by atoms with E-state index >= 15 is 0 Å². The zero-order chi connectivity index (χ0) is 15.7. The van der Waals surface area contributed by atoms with E-state index < -0.39 is 0 Å². The minimum atomic E-state index is 0.705. The average molecular weight is 291 g/mol. The lowest BCUT2D eigenvalue weighted by molar-refractivity contribution is 0.294. The average Bonchev–Trinajstić information content (AvgIpc) is 2.38. The summed E-state index contributed by atoms with van der Waals surface area (Å²) in [6.07, 6.45) is 1.22. The van der Waals surface area contributed by atoms with Crippen LogP contribution in [-0.4, -0.2) is 50.6 Å². The molecule has 1 aromatic carbocycles. The molecule has 0 aliphatic rings. The molecule has 1 N–H and O–H groups in total. The molecule has 0 fully saturated rings. The Morgan fingerprint density at radius 1 is 1.05 bits per heavy atom. The highest BCUT2D eigenvalue weighted by molar-refractivity contribution is 5.23. The maximum atomic E-state index is 3.51. The lowest BCUT2D eigenvalue weighted by Crippen LogP contribution is -2.23. The lowest BCUT2D eigenvalue weighted by atomic mass is 10.1. The quantitative estimate of drug-likeness (QED) is 0.715. The second-order valence-electron chi connectivity index (χ2n) is 6.74. The van der Waals surface area contributed by atoms with E-state index in [9.17, 15) is 0 Å². The first-order chi connectivity index (χ1) is 9.97. The fourth-order valence-electron chi connectivity index (χ4n) is 2.39. The number of hydrogen-bond donors (Lipinski definition) is 1. The molecule has 0 amide bonds. The lowest BCUT2D eigenvalue weighted by Gasteiger charge is -2.18. The van der Waals surface area contributed by atoms with Crippen LogP contribution in [0.2, 0.25) is 0 Å². The Morgan fingerprint density at radius 2 is 1.76 bits per heavy atom. The Morgan fingerprint density at radius 3 is 2.43 bits per heavy atom. The highest BCUT2D eigenvalue weighted by atomic mass is 15.1. The topological polar surface area (TPSA) is 18.5 Å². The summed E-state index contributed by atoms with van der Waals surface area (Å²) in [7, 11) is 6.47. The van der Waals surface area contributed by atoms with Crippen molar-refractivity contribution in [2.75, 3.05) is 40.8 Å². The molecule has 0 atom stereocenters. The molecule has 3 nitrogen and oxygen atoms in total. The van der Waals surface area contributed by atoms with E-state index in [-0.39, 0.29) is 0 Å². The van der Waals surface area contributed by atoms with E-state index in [2.05, 4.69) is 74.4 Å². The zero-order valence-electron chi connectivity index (χ0n) is 14.5. The van der Waals surface area contributed by atoms with Gasteiger partial charge in [0, 0.05) is 13.1 Å². The molecule has 0 aliphatic heterocycles. The van der Waals surface area contributed by atoms with E-state index in [0.717, 1.165) is 32.7 Å². The van der Waals surface area contributed by atoms with Gasteiger partial charge in [0.15, 0.2) is 0 Å². The van der Waals surface area contributed by atoms with Gasteiger partial charge >= 0.3 is 0 Å². The highest BCUT2D eigenvalue weighted by Crippen LogP contribution is 2.08. The third-order valence-electron chi connectivity index (χ3n) is 3.47. The van der Waals surface area contributed by atoms with Crippen LogP contribution in [0.15, 0.2) is 24.3 Å². The van der Waals surface area contributed by atoms with Gasteiger partial charge < -0.3 is 15.1 Å². The summed E-state index contributed by atoms with van der Waals surface area (Å²) in [5.74, 6) is 0.705. The van der Waals surface area contributed by atoms with Crippen LogP contribution in [0.5, 0.6) is 0 Å². The van der Waals surface area contributed by atoms with Crippen LogP contribution in [0.1, 0.15) is 31.4 Å².